The second-order valence-corrected chi connectivity index (χ2v) is 8.16. The zero-order valence-electron chi connectivity index (χ0n) is 14.2. The molecule has 0 spiro atoms. The predicted octanol–water partition coefficient (Wildman–Crippen LogP) is 3.47. The average Bonchev–Trinajstić information content (AvgIpc) is 2.71. The molecule has 0 aliphatic heterocycles. The second-order valence-electron chi connectivity index (χ2n) is 8.16. The van der Waals surface area contributed by atoms with Crippen LogP contribution in [0, 0.1) is 34.5 Å². The number of nitrogens with two attached hydrogens (primary N) is 1. The summed E-state index contributed by atoms with van der Waals surface area (Å²) in [6.07, 6.45) is 14.8. The number of rotatable bonds is 2. The first-order chi connectivity index (χ1) is 10.9. The molecule has 0 heterocycles. The van der Waals surface area contributed by atoms with Crippen molar-refractivity contribution < 1.29 is 5.11 Å². The maximum atomic E-state index is 10.8. The van der Waals surface area contributed by atoms with Gasteiger partial charge in [-0.05, 0) is 67.8 Å². The lowest BCUT2D eigenvalue weighted by atomic mass is 9.56. The van der Waals surface area contributed by atoms with E-state index in [4.69, 9.17) is 11.0 Å². The van der Waals surface area contributed by atoms with Crippen molar-refractivity contribution >= 4 is 0 Å². The van der Waals surface area contributed by atoms with E-state index in [2.05, 4.69) is 19.1 Å². The monoisotopic (exact) mass is 312 g/mol. The Balaban J connectivity index is 1.83. The quantitative estimate of drug-likeness (QED) is 0.606. The molecule has 3 nitrogen and oxygen atoms in total. The first kappa shape index (κ1) is 16.5. The summed E-state index contributed by atoms with van der Waals surface area (Å²) in [7, 11) is 0. The molecule has 0 amide bonds. The Labute approximate surface area is 139 Å². The molecule has 0 aromatic carbocycles. The molecule has 2 saturated carbocycles. The molecule has 0 saturated heterocycles. The maximum absolute atomic E-state index is 10.8. The van der Waals surface area contributed by atoms with Crippen molar-refractivity contribution in [3.8, 4) is 6.07 Å². The molecule has 2 fully saturated rings. The van der Waals surface area contributed by atoms with Crippen LogP contribution in [0.4, 0.5) is 0 Å². The third kappa shape index (κ3) is 2.69. The summed E-state index contributed by atoms with van der Waals surface area (Å²) in [4.78, 5) is 0. The average molecular weight is 312 g/mol. The van der Waals surface area contributed by atoms with Gasteiger partial charge >= 0.3 is 0 Å². The third-order valence-electron chi connectivity index (χ3n) is 6.66. The fourth-order valence-electron chi connectivity index (χ4n) is 5.57. The minimum atomic E-state index is -0.457. The lowest BCUT2D eigenvalue weighted by Crippen LogP contribution is -2.50. The highest BCUT2D eigenvalue weighted by atomic mass is 16.3. The largest absolute Gasteiger partial charge is 0.391 e. The summed E-state index contributed by atoms with van der Waals surface area (Å²) in [6.45, 7) is 4.27. The molecule has 3 heteroatoms. The number of hydrogen-bond acceptors (Lipinski definition) is 3. The Hall–Kier alpha value is -1.37. The number of hydrogen-bond donors (Lipinski definition) is 2. The second kappa shape index (κ2) is 5.92. The van der Waals surface area contributed by atoms with Crippen LogP contribution in [0.1, 0.15) is 46.0 Å². The van der Waals surface area contributed by atoms with Gasteiger partial charge in [-0.2, -0.15) is 5.26 Å². The van der Waals surface area contributed by atoms with Gasteiger partial charge in [-0.15, -0.1) is 0 Å². The van der Waals surface area contributed by atoms with Crippen molar-refractivity contribution in [2.24, 2.45) is 28.9 Å². The SMILES string of the molecule is CC12CCC3C(/C=C\C=C\C#N)=CCCC3C1C[C@@](C)(N)C2O. The lowest BCUT2D eigenvalue weighted by Gasteiger charge is -2.49. The van der Waals surface area contributed by atoms with Gasteiger partial charge < -0.3 is 10.8 Å². The molecule has 0 aromatic rings. The van der Waals surface area contributed by atoms with E-state index < -0.39 is 11.6 Å². The van der Waals surface area contributed by atoms with E-state index in [0.717, 1.165) is 25.7 Å². The predicted molar refractivity (Wildman–Crippen MR) is 92.2 cm³/mol. The fraction of sp³-hybridized carbons (Fsp3) is 0.650. The summed E-state index contributed by atoms with van der Waals surface area (Å²) in [5, 5.41) is 19.3. The minimum Gasteiger partial charge on any atom is -0.391 e. The standard InChI is InChI=1S/C20H28N2O/c1-19-11-10-15-14(7-4-3-5-12-21)8-6-9-16(15)17(19)13-20(2,22)18(19)23/h3-5,7-8,15-18,23H,6,9-11,13,22H2,1-2H3/b5-3+,7-4-/t15?,16?,17?,18?,19?,20-/m1/s1. The Morgan fingerprint density at radius 3 is 2.87 bits per heavy atom. The van der Waals surface area contributed by atoms with Gasteiger partial charge in [0, 0.05) is 11.6 Å². The summed E-state index contributed by atoms with van der Waals surface area (Å²) < 4.78 is 0. The molecule has 23 heavy (non-hydrogen) atoms. The Bertz CT molecular complexity index is 595. The maximum Gasteiger partial charge on any atom is 0.0912 e. The molecule has 3 aliphatic carbocycles. The van der Waals surface area contributed by atoms with E-state index in [9.17, 15) is 5.11 Å². The van der Waals surface area contributed by atoms with Crippen molar-refractivity contribution in [3.05, 3.63) is 36.0 Å². The highest BCUT2D eigenvalue weighted by Crippen LogP contribution is 2.61. The molecule has 3 N–H and O–H groups in total. The summed E-state index contributed by atoms with van der Waals surface area (Å²) in [6, 6.07) is 2.02. The summed E-state index contributed by atoms with van der Waals surface area (Å²) >= 11 is 0. The Morgan fingerprint density at radius 1 is 1.35 bits per heavy atom. The van der Waals surface area contributed by atoms with Gasteiger partial charge in [0.05, 0.1) is 12.2 Å². The molecule has 3 aliphatic rings. The van der Waals surface area contributed by atoms with E-state index in [0.29, 0.717) is 17.8 Å². The van der Waals surface area contributed by atoms with Gasteiger partial charge in [0.15, 0.2) is 0 Å². The molecule has 0 aromatic heterocycles. The van der Waals surface area contributed by atoms with Crippen LogP contribution in [0.15, 0.2) is 36.0 Å². The zero-order chi connectivity index (χ0) is 16.7. The summed E-state index contributed by atoms with van der Waals surface area (Å²) in [5.74, 6) is 1.71. The first-order valence-corrected chi connectivity index (χ1v) is 8.80. The lowest BCUT2D eigenvalue weighted by molar-refractivity contribution is -0.0403. The van der Waals surface area contributed by atoms with Crippen LogP contribution < -0.4 is 5.73 Å². The van der Waals surface area contributed by atoms with Gasteiger partial charge in [0.2, 0.25) is 0 Å². The van der Waals surface area contributed by atoms with Crippen LogP contribution in [0.3, 0.4) is 0 Å². The van der Waals surface area contributed by atoms with E-state index in [1.165, 1.54) is 18.1 Å². The Morgan fingerprint density at radius 2 is 2.13 bits per heavy atom. The van der Waals surface area contributed by atoms with Gasteiger partial charge in [0.25, 0.3) is 0 Å². The van der Waals surface area contributed by atoms with Crippen LogP contribution >= 0.6 is 0 Å². The van der Waals surface area contributed by atoms with Crippen LogP contribution in [-0.4, -0.2) is 16.7 Å². The van der Waals surface area contributed by atoms with Gasteiger partial charge in [-0.25, -0.2) is 0 Å². The minimum absolute atomic E-state index is 0.0302. The first-order valence-electron chi connectivity index (χ1n) is 8.80. The molecule has 6 atom stereocenters. The van der Waals surface area contributed by atoms with Gasteiger partial charge in [0.1, 0.15) is 0 Å². The Kier molecular flexibility index (Phi) is 4.25. The number of allylic oxidation sites excluding steroid dienone is 6. The van der Waals surface area contributed by atoms with Crippen LogP contribution in [-0.2, 0) is 0 Å². The van der Waals surface area contributed by atoms with Crippen LogP contribution in [0.5, 0.6) is 0 Å². The smallest absolute Gasteiger partial charge is 0.0912 e. The molecule has 0 bridgehead atoms. The highest BCUT2D eigenvalue weighted by Gasteiger charge is 2.60. The molecule has 0 radical (unpaired) electrons. The number of fused-ring (bicyclic) bond motifs is 3. The molecule has 124 valence electrons. The molecule has 3 rings (SSSR count). The van der Waals surface area contributed by atoms with Crippen molar-refractivity contribution in [1.82, 2.24) is 0 Å². The van der Waals surface area contributed by atoms with Crippen molar-refractivity contribution in [2.45, 2.75) is 57.6 Å². The van der Waals surface area contributed by atoms with Crippen molar-refractivity contribution in [2.75, 3.05) is 0 Å². The molecular weight excluding hydrogens is 284 g/mol. The number of aliphatic hydroxyl groups is 1. The highest BCUT2D eigenvalue weighted by molar-refractivity contribution is 5.30. The number of nitriles is 1. The summed E-state index contributed by atoms with van der Waals surface area (Å²) in [5.41, 5.74) is 7.34. The van der Waals surface area contributed by atoms with E-state index in [-0.39, 0.29) is 5.41 Å². The zero-order valence-corrected chi connectivity index (χ0v) is 14.2. The van der Waals surface area contributed by atoms with Crippen LogP contribution in [0.25, 0.3) is 0 Å². The number of nitrogens with zero attached hydrogens (tertiary/aromatic N) is 1. The van der Waals surface area contributed by atoms with E-state index >= 15 is 0 Å². The molecular formula is C20H28N2O. The fourth-order valence-corrected chi connectivity index (χ4v) is 5.57. The van der Waals surface area contributed by atoms with Crippen LogP contribution in [0.2, 0.25) is 0 Å². The van der Waals surface area contributed by atoms with Crippen molar-refractivity contribution in [3.63, 3.8) is 0 Å². The van der Waals surface area contributed by atoms with Gasteiger partial charge in [-0.3, -0.25) is 0 Å². The topological polar surface area (TPSA) is 70.0 Å². The van der Waals surface area contributed by atoms with Crippen molar-refractivity contribution in [1.29, 1.82) is 5.26 Å². The third-order valence-corrected chi connectivity index (χ3v) is 6.66. The van der Waals surface area contributed by atoms with E-state index in [1.54, 1.807) is 6.08 Å². The molecule has 5 unspecified atom stereocenters. The van der Waals surface area contributed by atoms with Gasteiger partial charge in [-0.1, -0.05) is 31.2 Å². The normalized spacial score (nSPS) is 46.5. The van der Waals surface area contributed by atoms with E-state index in [1.807, 2.05) is 19.1 Å². The number of aliphatic hydroxyl groups excluding tert-OH is 1.